The third-order valence-corrected chi connectivity index (χ3v) is 6.21. The number of hydrogen-bond donors (Lipinski definition) is 4. The summed E-state index contributed by atoms with van der Waals surface area (Å²) in [6, 6.07) is 8.02. The fraction of sp³-hybridized carbons (Fsp3) is 0.600. The van der Waals surface area contributed by atoms with Crippen molar-refractivity contribution in [2.24, 2.45) is 11.3 Å². The maximum absolute atomic E-state index is 13.1. The number of hydrogen-bond acceptors (Lipinski definition) is 5. The molecule has 1 aromatic carbocycles. The third-order valence-electron chi connectivity index (χ3n) is 6.21. The smallest absolute Gasteiger partial charge is 0.243 e. The lowest BCUT2D eigenvalue weighted by molar-refractivity contribution is -0.130. The van der Waals surface area contributed by atoms with Crippen LogP contribution in [-0.2, 0) is 20.8 Å². The molecular weight excluding hydrogens is 418 g/mol. The maximum atomic E-state index is 13.1. The highest BCUT2D eigenvalue weighted by molar-refractivity contribution is 5.92. The number of piperidine rings is 1. The van der Waals surface area contributed by atoms with E-state index < -0.39 is 18.1 Å². The molecule has 178 valence electrons. The second-order valence-corrected chi connectivity index (χ2v) is 10.3. The number of carbonyl (C=O) groups excluding carboxylic acids is 3. The fourth-order valence-corrected chi connectivity index (χ4v) is 4.47. The van der Waals surface area contributed by atoms with Gasteiger partial charge in [-0.25, -0.2) is 0 Å². The monoisotopic (exact) mass is 453 g/mol. The molecule has 0 radical (unpaired) electrons. The average Bonchev–Trinajstić information content (AvgIpc) is 3.20. The van der Waals surface area contributed by atoms with E-state index in [4.69, 9.17) is 0 Å². The van der Waals surface area contributed by atoms with E-state index in [1.165, 1.54) is 0 Å². The normalized spacial score (nSPS) is 21.6. The van der Waals surface area contributed by atoms with Crippen molar-refractivity contribution in [2.45, 2.75) is 77.4 Å². The number of nitriles is 1. The first-order valence-corrected chi connectivity index (χ1v) is 11.8. The zero-order valence-corrected chi connectivity index (χ0v) is 19.7. The van der Waals surface area contributed by atoms with Gasteiger partial charge in [0.1, 0.15) is 18.1 Å². The Kier molecular flexibility index (Phi) is 7.96. The van der Waals surface area contributed by atoms with Crippen LogP contribution in [0, 0.1) is 22.7 Å². The van der Waals surface area contributed by atoms with Gasteiger partial charge in [-0.1, -0.05) is 39.0 Å². The van der Waals surface area contributed by atoms with Gasteiger partial charge in [0.2, 0.25) is 17.7 Å². The SMILES string of the molecule is CC(C)(C)C[C@H](NC(=O)C1Cc2ccccc2N1)C(=O)N[C@H](C#N)CC[C@@H]1CCCNC1=O. The van der Waals surface area contributed by atoms with E-state index in [1.54, 1.807) is 0 Å². The molecule has 2 heterocycles. The van der Waals surface area contributed by atoms with E-state index in [0.29, 0.717) is 32.2 Å². The van der Waals surface area contributed by atoms with E-state index in [9.17, 15) is 19.6 Å². The third kappa shape index (κ3) is 6.95. The van der Waals surface area contributed by atoms with Gasteiger partial charge in [0, 0.05) is 24.6 Å². The molecule has 2 aliphatic heterocycles. The minimum Gasteiger partial charge on any atom is -0.373 e. The van der Waals surface area contributed by atoms with Crippen molar-refractivity contribution >= 4 is 23.4 Å². The Balaban J connectivity index is 1.59. The summed E-state index contributed by atoms with van der Waals surface area (Å²) in [4.78, 5) is 38.0. The molecule has 8 heteroatoms. The molecule has 0 bridgehead atoms. The van der Waals surface area contributed by atoms with E-state index in [1.807, 2.05) is 45.0 Å². The summed E-state index contributed by atoms with van der Waals surface area (Å²) < 4.78 is 0. The maximum Gasteiger partial charge on any atom is 0.243 e. The summed E-state index contributed by atoms with van der Waals surface area (Å²) in [6.45, 7) is 6.72. The number of rotatable bonds is 8. The van der Waals surface area contributed by atoms with Gasteiger partial charge >= 0.3 is 0 Å². The lowest BCUT2D eigenvalue weighted by atomic mass is 9.87. The number of nitrogens with one attached hydrogen (secondary N) is 4. The Morgan fingerprint density at radius 2 is 2.00 bits per heavy atom. The largest absolute Gasteiger partial charge is 0.373 e. The van der Waals surface area contributed by atoms with Crippen molar-refractivity contribution in [3.63, 3.8) is 0 Å². The molecule has 1 saturated heterocycles. The van der Waals surface area contributed by atoms with Crippen molar-refractivity contribution in [3.05, 3.63) is 29.8 Å². The van der Waals surface area contributed by atoms with Crippen LogP contribution in [0.5, 0.6) is 0 Å². The van der Waals surface area contributed by atoms with Gasteiger partial charge in [0.15, 0.2) is 0 Å². The Labute approximate surface area is 195 Å². The molecule has 1 fully saturated rings. The molecule has 0 aliphatic carbocycles. The van der Waals surface area contributed by atoms with Gasteiger partial charge < -0.3 is 21.3 Å². The molecule has 8 nitrogen and oxygen atoms in total. The van der Waals surface area contributed by atoms with Crippen LogP contribution in [0.3, 0.4) is 0 Å². The Morgan fingerprint density at radius 3 is 2.67 bits per heavy atom. The lowest BCUT2D eigenvalue weighted by Gasteiger charge is -2.28. The van der Waals surface area contributed by atoms with Gasteiger partial charge in [-0.05, 0) is 49.1 Å². The van der Waals surface area contributed by atoms with Crippen molar-refractivity contribution in [1.29, 1.82) is 5.26 Å². The van der Waals surface area contributed by atoms with Crippen molar-refractivity contribution in [2.75, 3.05) is 11.9 Å². The second-order valence-electron chi connectivity index (χ2n) is 10.3. The number of fused-ring (bicyclic) bond motifs is 1. The Bertz CT molecular complexity index is 892. The zero-order valence-electron chi connectivity index (χ0n) is 19.7. The van der Waals surface area contributed by atoms with E-state index in [-0.39, 0.29) is 29.1 Å². The predicted octanol–water partition coefficient (Wildman–Crippen LogP) is 2.26. The standard InChI is InChI=1S/C25H35N5O3/c1-25(2,3)14-21(30-23(32)20-13-17-7-4-5-9-19(17)29-20)24(33)28-18(15-26)11-10-16-8-6-12-27-22(16)31/h4-5,7,9,16,18,20-21,29H,6,8,10-14H2,1-3H3,(H,27,31)(H,28,33)(H,30,32)/t16-,18-,20?,21-/m0/s1. The van der Waals surface area contributed by atoms with Crippen molar-refractivity contribution in [1.82, 2.24) is 16.0 Å². The summed E-state index contributed by atoms with van der Waals surface area (Å²) >= 11 is 0. The first-order chi connectivity index (χ1) is 15.7. The van der Waals surface area contributed by atoms with Crippen LogP contribution in [0.25, 0.3) is 0 Å². The number of nitrogens with zero attached hydrogens (tertiary/aromatic N) is 1. The molecule has 4 N–H and O–H groups in total. The highest BCUT2D eigenvalue weighted by Gasteiger charge is 2.33. The van der Waals surface area contributed by atoms with Crippen molar-refractivity contribution in [3.8, 4) is 6.07 Å². The molecule has 3 amide bonds. The van der Waals surface area contributed by atoms with E-state index in [0.717, 1.165) is 24.1 Å². The zero-order chi connectivity index (χ0) is 24.0. The number of amides is 3. The number of carbonyl (C=O) groups is 3. The Morgan fingerprint density at radius 1 is 1.24 bits per heavy atom. The molecule has 1 aromatic rings. The van der Waals surface area contributed by atoms with Crippen LogP contribution >= 0.6 is 0 Å². The summed E-state index contributed by atoms with van der Waals surface area (Å²) in [5, 5.41) is 21.3. The van der Waals surface area contributed by atoms with Gasteiger partial charge in [-0.2, -0.15) is 5.26 Å². The first-order valence-electron chi connectivity index (χ1n) is 11.8. The molecule has 2 aliphatic rings. The molecule has 33 heavy (non-hydrogen) atoms. The van der Waals surface area contributed by atoms with Gasteiger partial charge in [0.05, 0.1) is 6.07 Å². The van der Waals surface area contributed by atoms with Crippen molar-refractivity contribution < 1.29 is 14.4 Å². The molecule has 1 unspecified atom stereocenters. The Hall–Kier alpha value is -3.08. The van der Waals surface area contributed by atoms with Gasteiger partial charge in [-0.15, -0.1) is 0 Å². The molecule has 0 aromatic heterocycles. The molecule has 0 saturated carbocycles. The van der Waals surface area contributed by atoms with Crippen LogP contribution in [0.1, 0.15) is 58.4 Å². The van der Waals surface area contributed by atoms with Crippen LogP contribution in [0.4, 0.5) is 5.69 Å². The van der Waals surface area contributed by atoms with E-state index in [2.05, 4.69) is 27.3 Å². The predicted molar refractivity (Wildman–Crippen MR) is 126 cm³/mol. The molecule has 0 spiro atoms. The summed E-state index contributed by atoms with van der Waals surface area (Å²) in [7, 11) is 0. The van der Waals surface area contributed by atoms with Crippen LogP contribution in [0.15, 0.2) is 24.3 Å². The van der Waals surface area contributed by atoms with Crippen LogP contribution < -0.4 is 21.3 Å². The number of anilines is 1. The quantitative estimate of drug-likeness (QED) is 0.481. The lowest BCUT2D eigenvalue weighted by Crippen LogP contribution is -2.53. The van der Waals surface area contributed by atoms with Crippen LogP contribution in [-0.4, -0.2) is 42.4 Å². The second kappa shape index (κ2) is 10.7. The highest BCUT2D eigenvalue weighted by Crippen LogP contribution is 2.26. The minimum absolute atomic E-state index is 0.0206. The average molecular weight is 454 g/mol. The first kappa shape index (κ1) is 24.6. The van der Waals surface area contributed by atoms with Crippen LogP contribution in [0.2, 0.25) is 0 Å². The minimum atomic E-state index is -0.753. The number of para-hydroxylation sites is 1. The van der Waals surface area contributed by atoms with E-state index >= 15 is 0 Å². The number of benzene rings is 1. The fourth-order valence-electron chi connectivity index (χ4n) is 4.47. The molecule has 4 atom stereocenters. The van der Waals surface area contributed by atoms with Gasteiger partial charge in [0.25, 0.3) is 0 Å². The summed E-state index contributed by atoms with van der Waals surface area (Å²) in [5.41, 5.74) is 1.81. The molecular formula is C25H35N5O3. The topological polar surface area (TPSA) is 123 Å². The highest BCUT2D eigenvalue weighted by atomic mass is 16.2. The summed E-state index contributed by atoms with van der Waals surface area (Å²) in [6.07, 6.45) is 3.68. The summed E-state index contributed by atoms with van der Waals surface area (Å²) in [5.74, 6) is -0.699. The molecule has 3 rings (SSSR count). The van der Waals surface area contributed by atoms with Gasteiger partial charge in [-0.3, -0.25) is 14.4 Å².